The van der Waals surface area contributed by atoms with E-state index in [2.05, 4.69) is 26.0 Å². The van der Waals surface area contributed by atoms with Crippen LogP contribution in [0, 0.1) is 0 Å². The average molecular weight is 421 g/mol. The molecule has 136 valence electrons. The van der Waals surface area contributed by atoms with Gasteiger partial charge in [-0.15, -0.1) is 0 Å². The van der Waals surface area contributed by atoms with Crippen molar-refractivity contribution in [3.05, 3.63) is 52.9 Å². The monoisotopic (exact) mass is 420 g/mol. The average Bonchev–Trinajstić information content (AvgIpc) is 3.03. The number of piperidine rings is 1. The van der Waals surface area contributed by atoms with Gasteiger partial charge in [-0.2, -0.15) is 13.9 Å². The van der Waals surface area contributed by atoms with E-state index >= 15 is 0 Å². The van der Waals surface area contributed by atoms with E-state index in [0.29, 0.717) is 0 Å². The van der Waals surface area contributed by atoms with Gasteiger partial charge in [0.15, 0.2) is 5.65 Å². The molecule has 1 fully saturated rings. The Morgan fingerprint density at radius 2 is 1.73 bits per heavy atom. The molecule has 3 heterocycles. The molecule has 0 radical (unpaired) electrons. The number of alkyl halides is 2. The SMILES string of the molecule is FC(F)(CN1CCCCC1)c1ccc(-c2cnc3c(Br)cnn3c2)cc1. The van der Waals surface area contributed by atoms with Gasteiger partial charge in [-0.25, -0.2) is 9.50 Å². The maximum atomic E-state index is 14.6. The number of nitrogens with zero attached hydrogens (tertiary/aromatic N) is 4. The van der Waals surface area contributed by atoms with Crippen molar-refractivity contribution in [2.75, 3.05) is 19.6 Å². The van der Waals surface area contributed by atoms with Crippen molar-refractivity contribution in [3.8, 4) is 11.1 Å². The zero-order chi connectivity index (χ0) is 18.1. The van der Waals surface area contributed by atoms with Crippen molar-refractivity contribution in [1.29, 1.82) is 0 Å². The van der Waals surface area contributed by atoms with Crippen LogP contribution in [-0.2, 0) is 5.92 Å². The van der Waals surface area contributed by atoms with Crippen LogP contribution in [0.25, 0.3) is 16.8 Å². The highest BCUT2D eigenvalue weighted by atomic mass is 79.9. The molecule has 7 heteroatoms. The highest BCUT2D eigenvalue weighted by Gasteiger charge is 2.34. The van der Waals surface area contributed by atoms with Crippen LogP contribution < -0.4 is 0 Å². The minimum atomic E-state index is -2.84. The highest BCUT2D eigenvalue weighted by molar-refractivity contribution is 9.10. The minimum Gasteiger partial charge on any atom is -0.297 e. The Balaban J connectivity index is 1.54. The molecular weight excluding hydrogens is 402 g/mol. The molecule has 1 aliphatic rings. The van der Waals surface area contributed by atoms with Crippen molar-refractivity contribution in [2.24, 2.45) is 0 Å². The summed E-state index contributed by atoms with van der Waals surface area (Å²) in [5, 5.41) is 4.21. The Morgan fingerprint density at radius 1 is 1.00 bits per heavy atom. The summed E-state index contributed by atoms with van der Waals surface area (Å²) in [4.78, 5) is 6.23. The van der Waals surface area contributed by atoms with E-state index in [9.17, 15) is 8.78 Å². The van der Waals surface area contributed by atoms with Gasteiger partial charge >= 0.3 is 0 Å². The third-order valence-corrected chi connectivity index (χ3v) is 5.38. The van der Waals surface area contributed by atoms with E-state index in [1.165, 1.54) is 12.1 Å². The summed E-state index contributed by atoms with van der Waals surface area (Å²) in [5.41, 5.74) is 2.45. The van der Waals surface area contributed by atoms with Gasteiger partial charge < -0.3 is 0 Å². The Hall–Kier alpha value is -1.86. The lowest BCUT2D eigenvalue weighted by Gasteiger charge is -2.30. The lowest BCUT2D eigenvalue weighted by atomic mass is 10.0. The number of rotatable bonds is 4. The molecule has 0 saturated carbocycles. The number of hydrogen-bond acceptors (Lipinski definition) is 3. The molecule has 0 unspecified atom stereocenters. The van der Waals surface area contributed by atoms with Crippen LogP contribution in [0.1, 0.15) is 24.8 Å². The van der Waals surface area contributed by atoms with Crippen LogP contribution in [0.3, 0.4) is 0 Å². The Morgan fingerprint density at radius 3 is 2.46 bits per heavy atom. The normalized spacial score (nSPS) is 16.3. The van der Waals surface area contributed by atoms with Crippen molar-refractivity contribution in [1.82, 2.24) is 19.5 Å². The van der Waals surface area contributed by atoms with Crippen LogP contribution in [0.4, 0.5) is 8.78 Å². The van der Waals surface area contributed by atoms with Gasteiger partial charge in [0.25, 0.3) is 5.92 Å². The zero-order valence-corrected chi connectivity index (χ0v) is 15.8. The first kappa shape index (κ1) is 17.5. The molecule has 1 aromatic carbocycles. The van der Waals surface area contributed by atoms with E-state index in [4.69, 9.17) is 0 Å². The van der Waals surface area contributed by atoms with Crippen LogP contribution in [0.2, 0.25) is 0 Å². The molecule has 0 spiro atoms. The predicted octanol–water partition coefficient (Wildman–Crippen LogP) is 4.74. The first-order valence-electron chi connectivity index (χ1n) is 8.73. The van der Waals surface area contributed by atoms with Gasteiger partial charge in [0.1, 0.15) is 0 Å². The van der Waals surface area contributed by atoms with Crippen molar-refractivity contribution < 1.29 is 8.78 Å². The van der Waals surface area contributed by atoms with Crippen LogP contribution in [0.15, 0.2) is 47.3 Å². The molecule has 1 saturated heterocycles. The Kier molecular flexibility index (Phi) is 4.75. The number of benzene rings is 1. The van der Waals surface area contributed by atoms with Crippen molar-refractivity contribution in [2.45, 2.75) is 25.2 Å². The maximum absolute atomic E-state index is 14.6. The van der Waals surface area contributed by atoms with E-state index in [-0.39, 0.29) is 12.1 Å². The summed E-state index contributed by atoms with van der Waals surface area (Å²) in [6.07, 6.45) is 8.40. The summed E-state index contributed by atoms with van der Waals surface area (Å²) in [6, 6.07) is 6.48. The number of fused-ring (bicyclic) bond motifs is 1. The topological polar surface area (TPSA) is 33.4 Å². The van der Waals surface area contributed by atoms with Gasteiger partial charge in [0.2, 0.25) is 0 Å². The molecule has 1 aliphatic heterocycles. The second kappa shape index (κ2) is 7.04. The van der Waals surface area contributed by atoms with Gasteiger partial charge in [-0.3, -0.25) is 4.90 Å². The molecule has 2 aromatic heterocycles. The van der Waals surface area contributed by atoms with E-state index < -0.39 is 5.92 Å². The zero-order valence-electron chi connectivity index (χ0n) is 14.2. The fraction of sp³-hybridized carbons (Fsp3) is 0.368. The lowest BCUT2D eigenvalue weighted by molar-refractivity contribution is -0.0415. The smallest absolute Gasteiger partial charge is 0.285 e. The van der Waals surface area contributed by atoms with Gasteiger partial charge in [0.05, 0.1) is 17.2 Å². The molecular formula is C19H19BrF2N4. The van der Waals surface area contributed by atoms with E-state index in [0.717, 1.165) is 53.6 Å². The Bertz CT molecular complexity index is 902. The van der Waals surface area contributed by atoms with Gasteiger partial charge in [-0.1, -0.05) is 30.7 Å². The fourth-order valence-corrected chi connectivity index (χ4v) is 3.77. The van der Waals surface area contributed by atoms with Crippen molar-refractivity contribution in [3.63, 3.8) is 0 Å². The summed E-state index contributed by atoms with van der Waals surface area (Å²) in [5.74, 6) is -2.84. The van der Waals surface area contributed by atoms with Gasteiger partial charge in [0, 0.05) is 23.5 Å². The molecule has 0 N–H and O–H groups in total. The minimum absolute atomic E-state index is 0.0581. The maximum Gasteiger partial charge on any atom is 0.285 e. The third kappa shape index (κ3) is 3.50. The number of hydrogen-bond donors (Lipinski definition) is 0. The van der Waals surface area contributed by atoms with Crippen LogP contribution >= 0.6 is 15.9 Å². The second-order valence-electron chi connectivity index (χ2n) is 6.72. The van der Waals surface area contributed by atoms with Crippen LogP contribution in [0.5, 0.6) is 0 Å². The summed E-state index contributed by atoms with van der Waals surface area (Å²) < 4.78 is 31.7. The first-order valence-corrected chi connectivity index (χ1v) is 9.52. The number of halogens is 3. The summed E-state index contributed by atoms with van der Waals surface area (Å²) >= 11 is 3.39. The molecule has 26 heavy (non-hydrogen) atoms. The first-order chi connectivity index (χ1) is 12.5. The molecule has 0 atom stereocenters. The number of likely N-dealkylation sites (tertiary alicyclic amines) is 1. The largest absolute Gasteiger partial charge is 0.297 e. The number of aromatic nitrogens is 3. The lowest BCUT2D eigenvalue weighted by Crippen LogP contribution is -2.38. The molecule has 0 amide bonds. The highest BCUT2D eigenvalue weighted by Crippen LogP contribution is 2.32. The molecule has 4 nitrogen and oxygen atoms in total. The van der Waals surface area contributed by atoms with Crippen molar-refractivity contribution >= 4 is 21.6 Å². The van der Waals surface area contributed by atoms with Gasteiger partial charge in [-0.05, 0) is 47.4 Å². The quantitative estimate of drug-likeness (QED) is 0.611. The standard InChI is InChI=1S/C19H19BrF2N4/c20-17-11-24-26-12-15(10-23-18(17)26)14-4-6-16(7-5-14)19(21,22)13-25-8-2-1-3-9-25/h4-7,10-12H,1-3,8-9,13H2. The summed E-state index contributed by atoms with van der Waals surface area (Å²) in [6.45, 7) is 1.32. The second-order valence-corrected chi connectivity index (χ2v) is 7.58. The molecule has 4 rings (SSSR count). The van der Waals surface area contributed by atoms with E-state index in [1.54, 1.807) is 29.0 Å². The summed E-state index contributed by atoms with van der Waals surface area (Å²) in [7, 11) is 0. The molecule has 3 aromatic rings. The molecule has 0 bridgehead atoms. The molecule has 0 aliphatic carbocycles. The van der Waals surface area contributed by atoms with Crippen LogP contribution in [-0.4, -0.2) is 39.1 Å². The third-order valence-electron chi connectivity index (χ3n) is 4.82. The fourth-order valence-electron chi connectivity index (χ4n) is 3.39. The predicted molar refractivity (Wildman–Crippen MR) is 100 cm³/mol. The van der Waals surface area contributed by atoms with E-state index in [1.807, 2.05) is 11.1 Å². The Labute approximate surface area is 159 Å².